The van der Waals surface area contributed by atoms with Crippen molar-refractivity contribution >= 4 is 86.9 Å². The smallest absolute Gasteiger partial charge is 0.0541 e. The predicted molar refractivity (Wildman–Crippen MR) is 205 cm³/mol. The van der Waals surface area contributed by atoms with Crippen LogP contribution in [0.3, 0.4) is 0 Å². The van der Waals surface area contributed by atoms with Gasteiger partial charge in [-0.25, -0.2) is 0 Å². The molecule has 0 unspecified atom stereocenters. The Balaban J connectivity index is 1.32. The van der Waals surface area contributed by atoms with Crippen LogP contribution in [0.25, 0.3) is 92.2 Å². The Hall–Kier alpha value is -5.22. The molecule has 3 aromatic heterocycles. The molecule has 0 saturated heterocycles. The first kappa shape index (κ1) is 27.1. The molecule has 0 N–H and O–H groups in total. The lowest BCUT2D eigenvalue weighted by atomic mass is 9.98. The molecule has 3 heterocycles. The lowest BCUT2D eigenvalue weighted by molar-refractivity contribution is 1.18. The molecule has 0 radical (unpaired) electrons. The molecule has 0 bridgehead atoms. The van der Waals surface area contributed by atoms with E-state index in [4.69, 9.17) is 0 Å². The molecule has 3 heteroatoms. The highest BCUT2D eigenvalue weighted by Gasteiger charge is 2.18. The van der Waals surface area contributed by atoms with Gasteiger partial charge in [-0.1, -0.05) is 104 Å². The summed E-state index contributed by atoms with van der Waals surface area (Å²) in [6, 6.07) is 46.9. The summed E-state index contributed by atoms with van der Waals surface area (Å²) in [4.78, 5) is 1.25. The maximum absolute atomic E-state index is 4.14. The molecule has 0 aliphatic carbocycles. The van der Waals surface area contributed by atoms with Crippen LogP contribution in [0.2, 0.25) is 0 Å². The number of benzene rings is 6. The van der Waals surface area contributed by atoms with E-state index in [1.54, 1.807) is 0 Å². The predicted octanol–water partition coefficient (Wildman–Crippen LogP) is 13.4. The van der Waals surface area contributed by atoms with Gasteiger partial charge in [-0.2, -0.15) is 0 Å². The summed E-state index contributed by atoms with van der Waals surface area (Å²) in [6.07, 6.45) is 6.30. The minimum atomic E-state index is 1.17. The van der Waals surface area contributed by atoms with E-state index in [1.165, 1.54) is 90.4 Å². The maximum Gasteiger partial charge on any atom is 0.0541 e. The first-order valence-corrected chi connectivity index (χ1v) is 17.2. The molecule has 0 spiro atoms. The van der Waals surface area contributed by atoms with Crippen molar-refractivity contribution in [3.8, 4) is 27.9 Å². The molecule has 0 fully saturated rings. The summed E-state index contributed by atoms with van der Waals surface area (Å²) < 4.78 is 6.38. The van der Waals surface area contributed by atoms with E-state index in [0.717, 1.165) is 0 Å². The standard InChI is InChI=1S/C43H29NS2/c1-3-12-40-30(4-2)34-18-10-16-31(42(34)45-40)27-21-23-38-36(25-27)37-26-28(22-24-39(37)44(38)29-13-6-5-7-14-29)32-17-11-19-35-33-15-8-9-20-41(33)46-43(32)35/h3-26H,2H2,1H3/b12-3-. The highest BCUT2D eigenvalue weighted by molar-refractivity contribution is 7.26. The third-order valence-electron chi connectivity index (χ3n) is 9.11. The summed E-state index contributed by atoms with van der Waals surface area (Å²) >= 11 is 3.73. The second kappa shape index (κ2) is 10.7. The molecule has 9 aromatic rings. The molecule has 0 aliphatic rings. The van der Waals surface area contributed by atoms with Gasteiger partial charge in [-0.3, -0.25) is 0 Å². The Morgan fingerprint density at radius 2 is 1.17 bits per heavy atom. The fraction of sp³-hybridized carbons (Fsp3) is 0.0233. The molecule has 0 amide bonds. The quantitative estimate of drug-likeness (QED) is 0.180. The van der Waals surface area contributed by atoms with Crippen LogP contribution >= 0.6 is 22.7 Å². The Labute approximate surface area is 275 Å². The van der Waals surface area contributed by atoms with E-state index in [9.17, 15) is 0 Å². The summed E-state index contributed by atoms with van der Waals surface area (Å²) in [6.45, 7) is 6.21. The van der Waals surface area contributed by atoms with Gasteiger partial charge in [0.15, 0.2) is 0 Å². The number of para-hydroxylation sites is 1. The van der Waals surface area contributed by atoms with Gasteiger partial charge in [-0.15, -0.1) is 22.7 Å². The lowest BCUT2D eigenvalue weighted by Crippen LogP contribution is -1.93. The third-order valence-corrected chi connectivity index (χ3v) is 11.6. The van der Waals surface area contributed by atoms with Crippen LogP contribution in [0.4, 0.5) is 0 Å². The van der Waals surface area contributed by atoms with Gasteiger partial charge < -0.3 is 4.57 Å². The Bertz CT molecular complexity index is 2660. The van der Waals surface area contributed by atoms with E-state index >= 15 is 0 Å². The van der Waals surface area contributed by atoms with Gasteiger partial charge in [0, 0.05) is 51.6 Å². The van der Waals surface area contributed by atoms with Crippen molar-refractivity contribution in [2.45, 2.75) is 6.92 Å². The van der Waals surface area contributed by atoms with Gasteiger partial charge in [0.2, 0.25) is 0 Å². The van der Waals surface area contributed by atoms with Crippen LogP contribution in [0, 0.1) is 0 Å². The SMILES string of the molecule is C=Cc1c(/C=C\C)sc2c(-c3ccc4c(c3)c3cc(-c5cccc6c5sc5ccccc56)ccc3n4-c3ccccc3)cccc12. The number of aromatic nitrogens is 1. The number of hydrogen-bond donors (Lipinski definition) is 0. The summed E-state index contributed by atoms with van der Waals surface area (Å²) in [5.74, 6) is 0. The molecule has 6 aromatic carbocycles. The van der Waals surface area contributed by atoms with Crippen LogP contribution in [0.5, 0.6) is 0 Å². The van der Waals surface area contributed by atoms with Crippen molar-refractivity contribution in [1.29, 1.82) is 0 Å². The van der Waals surface area contributed by atoms with Crippen LogP contribution in [-0.4, -0.2) is 4.57 Å². The Morgan fingerprint density at radius 3 is 1.85 bits per heavy atom. The number of fused-ring (bicyclic) bond motifs is 7. The number of rotatable bonds is 5. The van der Waals surface area contributed by atoms with Gasteiger partial charge >= 0.3 is 0 Å². The highest BCUT2D eigenvalue weighted by Crippen LogP contribution is 2.44. The second-order valence-electron chi connectivity index (χ2n) is 11.7. The average Bonchev–Trinajstić information content (AvgIpc) is 3.77. The lowest BCUT2D eigenvalue weighted by Gasteiger charge is -2.09. The van der Waals surface area contributed by atoms with E-state index in [1.807, 2.05) is 28.7 Å². The molecular weight excluding hydrogens is 595 g/mol. The second-order valence-corrected chi connectivity index (χ2v) is 13.8. The molecule has 0 aliphatic heterocycles. The molecule has 218 valence electrons. The molecule has 1 nitrogen and oxygen atoms in total. The fourth-order valence-electron chi connectivity index (χ4n) is 7.06. The topological polar surface area (TPSA) is 4.93 Å². The van der Waals surface area contributed by atoms with Crippen LogP contribution in [-0.2, 0) is 0 Å². The van der Waals surface area contributed by atoms with Gasteiger partial charge in [0.05, 0.1) is 11.0 Å². The first-order chi connectivity index (χ1) is 22.7. The molecule has 9 rings (SSSR count). The van der Waals surface area contributed by atoms with Crippen LogP contribution in [0.1, 0.15) is 17.4 Å². The number of allylic oxidation sites excluding steroid dienone is 1. The Morgan fingerprint density at radius 1 is 0.565 bits per heavy atom. The molecular formula is C43H29NS2. The summed E-state index contributed by atoms with van der Waals surface area (Å²) in [7, 11) is 0. The zero-order chi connectivity index (χ0) is 30.8. The number of hydrogen-bond acceptors (Lipinski definition) is 2. The number of nitrogens with zero attached hydrogens (tertiary/aromatic N) is 1. The van der Waals surface area contributed by atoms with Crippen molar-refractivity contribution in [2.75, 3.05) is 0 Å². The van der Waals surface area contributed by atoms with E-state index in [2.05, 4.69) is 158 Å². The normalized spacial score (nSPS) is 12.0. The zero-order valence-electron chi connectivity index (χ0n) is 25.3. The van der Waals surface area contributed by atoms with Gasteiger partial charge in [-0.05, 0) is 83.3 Å². The van der Waals surface area contributed by atoms with E-state index in [0.29, 0.717) is 0 Å². The van der Waals surface area contributed by atoms with Crippen LogP contribution in [0.15, 0.2) is 140 Å². The van der Waals surface area contributed by atoms with E-state index < -0.39 is 0 Å². The van der Waals surface area contributed by atoms with Crippen molar-refractivity contribution in [3.63, 3.8) is 0 Å². The van der Waals surface area contributed by atoms with Crippen molar-refractivity contribution in [3.05, 3.63) is 150 Å². The van der Waals surface area contributed by atoms with Gasteiger partial charge in [0.25, 0.3) is 0 Å². The van der Waals surface area contributed by atoms with Crippen molar-refractivity contribution in [2.24, 2.45) is 0 Å². The maximum atomic E-state index is 4.14. The van der Waals surface area contributed by atoms with E-state index in [-0.39, 0.29) is 0 Å². The summed E-state index contributed by atoms with van der Waals surface area (Å²) in [5.41, 5.74) is 9.82. The van der Waals surface area contributed by atoms with Crippen LogP contribution < -0.4 is 0 Å². The molecule has 0 saturated carbocycles. The minimum absolute atomic E-state index is 1.17. The van der Waals surface area contributed by atoms with Crippen molar-refractivity contribution in [1.82, 2.24) is 4.57 Å². The number of thiophene rings is 2. The Kier molecular flexibility index (Phi) is 6.31. The zero-order valence-corrected chi connectivity index (χ0v) is 27.0. The summed E-state index contributed by atoms with van der Waals surface area (Å²) in [5, 5.41) is 6.43. The van der Waals surface area contributed by atoms with Crippen molar-refractivity contribution < 1.29 is 0 Å². The van der Waals surface area contributed by atoms with Gasteiger partial charge in [0.1, 0.15) is 0 Å². The highest BCUT2D eigenvalue weighted by atomic mass is 32.1. The molecule has 0 atom stereocenters. The average molecular weight is 624 g/mol. The largest absolute Gasteiger partial charge is 0.309 e. The minimum Gasteiger partial charge on any atom is -0.309 e. The molecule has 46 heavy (non-hydrogen) atoms. The first-order valence-electron chi connectivity index (χ1n) is 15.6. The monoisotopic (exact) mass is 623 g/mol. The third kappa shape index (κ3) is 4.06. The fourth-order valence-corrected chi connectivity index (χ4v) is 9.61.